The summed E-state index contributed by atoms with van der Waals surface area (Å²) in [6.07, 6.45) is 0. The molecule has 138 valence electrons. The molecule has 25 heavy (non-hydrogen) atoms. The maximum atomic E-state index is 13.4. The Labute approximate surface area is 128 Å². The zero-order valence-corrected chi connectivity index (χ0v) is 10.9. The second kappa shape index (κ2) is 5.59. The highest BCUT2D eigenvalue weighted by Crippen LogP contribution is 2.53. The van der Waals surface area contributed by atoms with Crippen LogP contribution in [0.15, 0.2) is 23.2 Å². The molecule has 1 aliphatic rings. The second-order valence-electron chi connectivity index (χ2n) is 4.42. The summed E-state index contributed by atoms with van der Waals surface area (Å²) in [5.41, 5.74) is 0. The number of rotatable bonds is 2. The van der Waals surface area contributed by atoms with Gasteiger partial charge in [-0.15, -0.1) is 0 Å². The van der Waals surface area contributed by atoms with E-state index in [1.807, 2.05) is 0 Å². The summed E-state index contributed by atoms with van der Waals surface area (Å²) >= 11 is 0. The van der Waals surface area contributed by atoms with E-state index in [0.717, 1.165) is 0 Å². The van der Waals surface area contributed by atoms with Crippen LogP contribution >= 0.6 is 0 Å². The van der Waals surface area contributed by atoms with Crippen molar-refractivity contribution in [3.63, 3.8) is 0 Å². The van der Waals surface area contributed by atoms with E-state index in [4.69, 9.17) is 0 Å². The third kappa shape index (κ3) is 2.43. The summed E-state index contributed by atoms with van der Waals surface area (Å²) in [5.74, 6) is -42.0. The first-order chi connectivity index (χ1) is 11.3. The van der Waals surface area contributed by atoms with Crippen molar-refractivity contribution >= 4 is 0 Å². The van der Waals surface area contributed by atoms with E-state index in [1.165, 1.54) is 0 Å². The number of allylic oxidation sites excluding steroid dienone is 4. The van der Waals surface area contributed by atoms with Gasteiger partial charge in [-0.25, -0.2) is 22.0 Å². The molecule has 1 aromatic rings. The average molecular weight is 388 g/mol. The van der Waals surface area contributed by atoms with Crippen molar-refractivity contribution in [2.45, 2.75) is 11.8 Å². The van der Waals surface area contributed by atoms with Crippen LogP contribution in [0, 0.1) is 29.1 Å². The van der Waals surface area contributed by atoms with Gasteiger partial charge in [-0.1, -0.05) is 0 Å². The van der Waals surface area contributed by atoms with E-state index in [1.54, 1.807) is 0 Å². The van der Waals surface area contributed by atoms with Crippen LogP contribution in [0.2, 0.25) is 0 Å². The van der Waals surface area contributed by atoms with Crippen LogP contribution < -0.4 is 4.74 Å². The predicted octanol–water partition coefficient (Wildman–Crippen LogP) is 5.38. The fraction of sp³-hybridized carbons (Fsp3) is 0.167. The van der Waals surface area contributed by atoms with Gasteiger partial charge in [-0.2, -0.15) is 30.7 Å². The smallest absolute Gasteiger partial charge is 0.376 e. The van der Waals surface area contributed by atoms with E-state index in [2.05, 4.69) is 4.74 Å². The molecular formula is C12F12O. The van der Waals surface area contributed by atoms with Crippen LogP contribution in [-0.2, 0) is 0 Å². The summed E-state index contributed by atoms with van der Waals surface area (Å²) in [4.78, 5) is 0. The van der Waals surface area contributed by atoms with E-state index < -0.39 is 69.9 Å². The van der Waals surface area contributed by atoms with Gasteiger partial charge < -0.3 is 4.74 Å². The van der Waals surface area contributed by atoms with Crippen molar-refractivity contribution in [2.24, 2.45) is 0 Å². The first-order valence-corrected chi connectivity index (χ1v) is 5.68. The van der Waals surface area contributed by atoms with Gasteiger partial charge in [0.15, 0.2) is 0 Å². The molecule has 0 aromatic heterocycles. The van der Waals surface area contributed by atoms with E-state index in [9.17, 15) is 52.7 Å². The zero-order chi connectivity index (χ0) is 19.5. The van der Waals surface area contributed by atoms with Crippen molar-refractivity contribution in [1.82, 2.24) is 0 Å². The molecule has 0 saturated carbocycles. The summed E-state index contributed by atoms with van der Waals surface area (Å²) in [6.45, 7) is 0. The molecule has 0 heterocycles. The van der Waals surface area contributed by atoms with Crippen molar-refractivity contribution in [3.8, 4) is 5.75 Å². The Morgan fingerprint density at radius 2 is 0.920 bits per heavy atom. The minimum absolute atomic E-state index is 2.62. The Balaban J connectivity index is 2.73. The highest BCUT2D eigenvalue weighted by Gasteiger charge is 2.69. The molecule has 2 rings (SSSR count). The minimum atomic E-state index is -6.06. The number of hydrogen-bond donors (Lipinski definition) is 0. The van der Waals surface area contributed by atoms with Crippen molar-refractivity contribution in [1.29, 1.82) is 0 Å². The second-order valence-corrected chi connectivity index (χ2v) is 4.42. The fourth-order valence-electron chi connectivity index (χ4n) is 1.64. The van der Waals surface area contributed by atoms with Gasteiger partial charge in [0.1, 0.15) is 0 Å². The predicted molar refractivity (Wildman–Crippen MR) is 54.1 cm³/mol. The van der Waals surface area contributed by atoms with Gasteiger partial charge in [0, 0.05) is 0 Å². The molecule has 0 bridgehead atoms. The summed E-state index contributed by atoms with van der Waals surface area (Å²) < 4.78 is 161. The molecule has 0 spiro atoms. The van der Waals surface area contributed by atoms with Gasteiger partial charge >= 0.3 is 11.8 Å². The van der Waals surface area contributed by atoms with Gasteiger partial charge in [-0.05, 0) is 0 Å². The van der Waals surface area contributed by atoms with Crippen LogP contribution in [0.3, 0.4) is 0 Å². The molecule has 0 fully saturated rings. The highest BCUT2D eigenvalue weighted by atomic mass is 19.3. The monoisotopic (exact) mass is 388 g/mol. The lowest BCUT2D eigenvalue weighted by Crippen LogP contribution is -2.47. The lowest BCUT2D eigenvalue weighted by molar-refractivity contribution is -0.191. The number of halogens is 12. The van der Waals surface area contributed by atoms with Crippen molar-refractivity contribution in [3.05, 3.63) is 52.3 Å². The Bertz CT molecular complexity index is 793. The van der Waals surface area contributed by atoms with Gasteiger partial charge in [0.25, 0.3) is 0 Å². The van der Waals surface area contributed by atoms with Gasteiger partial charge in [0.2, 0.25) is 58.1 Å². The summed E-state index contributed by atoms with van der Waals surface area (Å²) in [6, 6.07) is 0. The van der Waals surface area contributed by atoms with Crippen LogP contribution in [0.1, 0.15) is 0 Å². The van der Waals surface area contributed by atoms with E-state index in [-0.39, 0.29) is 0 Å². The third-order valence-electron chi connectivity index (χ3n) is 2.91. The maximum absolute atomic E-state index is 13.4. The highest BCUT2D eigenvalue weighted by molar-refractivity contribution is 5.42. The lowest BCUT2D eigenvalue weighted by atomic mass is 10.0. The quantitative estimate of drug-likeness (QED) is 0.376. The fourth-order valence-corrected chi connectivity index (χ4v) is 1.64. The Kier molecular flexibility index (Phi) is 4.25. The normalized spacial score (nSPS) is 19.5. The topological polar surface area (TPSA) is 9.23 Å². The lowest BCUT2D eigenvalue weighted by Gasteiger charge is -2.30. The molecular weight excluding hydrogens is 388 g/mol. The number of benzene rings is 1. The Hall–Kier alpha value is -2.34. The van der Waals surface area contributed by atoms with Crippen molar-refractivity contribution < 1.29 is 57.4 Å². The van der Waals surface area contributed by atoms with Crippen LogP contribution in [-0.4, -0.2) is 11.8 Å². The molecule has 13 heteroatoms. The van der Waals surface area contributed by atoms with E-state index in [0.29, 0.717) is 0 Å². The molecule has 1 aromatic carbocycles. The van der Waals surface area contributed by atoms with Crippen LogP contribution in [0.25, 0.3) is 0 Å². The third-order valence-corrected chi connectivity index (χ3v) is 2.91. The number of alkyl halides is 4. The molecule has 0 unspecified atom stereocenters. The maximum Gasteiger partial charge on any atom is 0.376 e. The molecule has 1 aliphatic carbocycles. The molecule has 0 radical (unpaired) electrons. The first-order valence-electron chi connectivity index (χ1n) is 5.68. The SMILES string of the molecule is FC1=C(F)C(F)(F)C(F)(F)C(Oc2c(F)c(F)c(F)c(F)c2F)=C1F. The molecule has 0 amide bonds. The van der Waals surface area contributed by atoms with Gasteiger partial charge in [-0.3, -0.25) is 0 Å². The van der Waals surface area contributed by atoms with Gasteiger partial charge in [0.05, 0.1) is 0 Å². The molecule has 0 N–H and O–H groups in total. The standard InChI is InChI=1S/C12F12O/c13-1-2(14)4(16)8(5(17)3(1)15)25-10-7(19)6(18)9(20)11(21,22)12(10,23)24. The summed E-state index contributed by atoms with van der Waals surface area (Å²) in [7, 11) is 0. The molecule has 0 atom stereocenters. The molecule has 0 aliphatic heterocycles. The Morgan fingerprint density at radius 1 is 0.520 bits per heavy atom. The minimum Gasteiger partial charge on any atom is -0.445 e. The van der Waals surface area contributed by atoms with Crippen molar-refractivity contribution in [2.75, 3.05) is 0 Å². The zero-order valence-electron chi connectivity index (χ0n) is 10.9. The van der Waals surface area contributed by atoms with Crippen LogP contribution in [0.4, 0.5) is 52.7 Å². The Morgan fingerprint density at radius 3 is 1.36 bits per heavy atom. The molecule has 0 saturated heterocycles. The first kappa shape index (κ1) is 19.0. The van der Waals surface area contributed by atoms with Crippen LogP contribution in [0.5, 0.6) is 5.75 Å². The number of hydrogen-bond acceptors (Lipinski definition) is 1. The van der Waals surface area contributed by atoms with E-state index >= 15 is 0 Å². The number of ether oxygens (including phenoxy) is 1. The summed E-state index contributed by atoms with van der Waals surface area (Å²) in [5, 5.41) is 0. The largest absolute Gasteiger partial charge is 0.445 e. The average Bonchev–Trinajstić information content (AvgIpc) is 2.55. The molecule has 1 nitrogen and oxygen atoms in total.